The molecule has 0 amide bonds. The van der Waals surface area contributed by atoms with Crippen LogP contribution in [-0.4, -0.2) is 11.7 Å². The van der Waals surface area contributed by atoms with Gasteiger partial charge in [0.05, 0.1) is 0 Å². The lowest BCUT2D eigenvalue weighted by Gasteiger charge is -2.13. The zero-order chi connectivity index (χ0) is 9.68. The van der Waals surface area contributed by atoms with E-state index >= 15 is 0 Å². The molecule has 0 radical (unpaired) electrons. The Labute approximate surface area is 80.4 Å². The van der Waals surface area contributed by atoms with E-state index in [9.17, 15) is 5.11 Å². The average Bonchev–Trinajstić information content (AvgIpc) is 2.14. The number of hydrogen-bond acceptors (Lipinski definition) is 1. The number of rotatable bonds is 4. The van der Waals surface area contributed by atoms with Gasteiger partial charge in [0.2, 0.25) is 0 Å². The number of benzene rings is 1. The Kier molecular flexibility index (Phi) is 3.97. The molecule has 0 aromatic heterocycles. The molecule has 0 saturated carbocycles. The fourth-order valence-electron chi connectivity index (χ4n) is 1.64. The summed E-state index contributed by atoms with van der Waals surface area (Å²) >= 11 is 0. The standard InChI is InChI=1S/C12H18O/c1-3-5-12(9-13)11-7-4-6-10(2)8-11/h4,6-8,12-13H,3,5,9H2,1-2H3. The van der Waals surface area contributed by atoms with Crippen LogP contribution in [0.4, 0.5) is 0 Å². The zero-order valence-corrected chi connectivity index (χ0v) is 8.46. The normalized spacial score (nSPS) is 12.8. The van der Waals surface area contributed by atoms with E-state index < -0.39 is 0 Å². The van der Waals surface area contributed by atoms with Crippen molar-refractivity contribution in [2.45, 2.75) is 32.6 Å². The smallest absolute Gasteiger partial charge is 0.0499 e. The zero-order valence-electron chi connectivity index (χ0n) is 8.46. The van der Waals surface area contributed by atoms with Crippen LogP contribution in [0, 0.1) is 6.92 Å². The molecule has 0 aliphatic carbocycles. The van der Waals surface area contributed by atoms with Gasteiger partial charge >= 0.3 is 0 Å². The van der Waals surface area contributed by atoms with Gasteiger partial charge in [-0.25, -0.2) is 0 Å². The largest absolute Gasteiger partial charge is 0.396 e. The van der Waals surface area contributed by atoms with Crippen LogP contribution in [0.3, 0.4) is 0 Å². The van der Waals surface area contributed by atoms with Crippen LogP contribution in [0.2, 0.25) is 0 Å². The second-order valence-electron chi connectivity index (χ2n) is 3.58. The van der Waals surface area contributed by atoms with Gasteiger partial charge in [-0.1, -0.05) is 43.2 Å². The van der Waals surface area contributed by atoms with Gasteiger partial charge in [0.15, 0.2) is 0 Å². The summed E-state index contributed by atoms with van der Waals surface area (Å²) in [6, 6.07) is 8.41. The Morgan fingerprint density at radius 3 is 2.69 bits per heavy atom. The molecule has 0 spiro atoms. The van der Waals surface area contributed by atoms with Gasteiger partial charge in [0, 0.05) is 12.5 Å². The number of aryl methyl sites for hydroxylation is 1. The van der Waals surface area contributed by atoms with Gasteiger partial charge < -0.3 is 5.11 Å². The molecule has 0 saturated heterocycles. The molecule has 0 bridgehead atoms. The van der Waals surface area contributed by atoms with Crippen molar-refractivity contribution in [2.75, 3.05) is 6.61 Å². The molecule has 1 aromatic carbocycles. The summed E-state index contributed by atoms with van der Waals surface area (Å²) in [5.74, 6) is 0.324. The number of hydrogen-bond donors (Lipinski definition) is 1. The third-order valence-corrected chi connectivity index (χ3v) is 2.37. The summed E-state index contributed by atoms with van der Waals surface area (Å²) in [6.07, 6.45) is 2.19. The Hall–Kier alpha value is -0.820. The average molecular weight is 178 g/mol. The predicted octanol–water partition coefficient (Wildman–Crippen LogP) is 2.87. The van der Waals surface area contributed by atoms with Crippen LogP contribution in [-0.2, 0) is 0 Å². The molecule has 1 heteroatoms. The topological polar surface area (TPSA) is 20.2 Å². The molecule has 1 nitrogen and oxygen atoms in total. The molecule has 72 valence electrons. The first-order valence-electron chi connectivity index (χ1n) is 4.95. The summed E-state index contributed by atoms with van der Waals surface area (Å²) < 4.78 is 0. The molecule has 1 unspecified atom stereocenters. The van der Waals surface area contributed by atoms with Gasteiger partial charge in [0.1, 0.15) is 0 Å². The lowest BCUT2D eigenvalue weighted by molar-refractivity contribution is 0.258. The van der Waals surface area contributed by atoms with Crippen molar-refractivity contribution in [3.63, 3.8) is 0 Å². The quantitative estimate of drug-likeness (QED) is 0.751. The molecule has 1 rings (SSSR count). The second kappa shape index (κ2) is 5.03. The minimum Gasteiger partial charge on any atom is -0.396 e. The number of aliphatic hydroxyl groups excluding tert-OH is 1. The predicted molar refractivity (Wildman–Crippen MR) is 55.9 cm³/mol. The van der Waals surface area contributed by atoms with Gasteiger partial charge in [-0.2, -0.15) is 0 Å². The highest BCUT2D eigenvalue weighted by Crippen LogP contribution is 2.21. The first-order valence-corrected chi connectivity index (χ1v) is 4.95. The van der Waals surface area contributed by atoms with Crippen LogP contribution in [0.15, 0.2) is 24.3 Å². The van der Waals surface area contributed by atoms with E-state index in [2.05, 4.69) is 38.1 Å². The highest BCUT2D eigenvalue weighted by molar-refractivity contribution is 5.25. The first-order chi connectivity index (χ1) is 6.27. The van der Waals surface area contributed by atoms with Crippen LogP contribution in [0.5, 0.6) is 0 Å². The molecule has 0 heterocycles. The van der Waals surface area contributed by atoms with Crippen molar-refractivity contribution >= 4 is 0 Å². The third kappa shape index (κ3) is 2.85. The van der Waals surface area contributed by atoms with Gasteiger partial charge in [-0.3, -0.25) is 0 Å². The Balaban J connectivity index is 2.78. The fourth-order valence-corrected chi connectivity index (χ4v) is 1.64. The summed E-state index contributed by atoms with van der Waals surface area (Å²) in [6.45, 7) is 4.50. The van der Waals surface area contributed by atoms with E-state index in [1.54, 1.807) is 0 Å². The molecule has 0 aliphatic heterocycles. The van der Waals surface area contributed by atoms with Crippen molar-refractivity contribution in [3.8, 4) is 0 Å². The SMILES string of the molecule is CCCC(CO)c1cccc(C)c1. The van der Waals surface area contributed by atoms with E-state index in [0.717, 1.165) is 12.8 Å². The van der Waals surface area contributed by atoms with Gasteiger partial charge in [-0.05, 0) is 18.9 Å². The van der Waals surface area contributed by atoms with Crippen molar-refractivity contribution in [2.24, 2.45) is 0 Å². The lowest BCUT2D eigenvalue weighted by Crippen LogP contribution is -2.03. The van der Waals surface area contributed by atoms with Crippen LogP contribution < -0.4 is 0 Å². The summed E-state index contributed by atoms with van der Waals surface area (Å²) in [5, 5.41) is 9.20. The summed E-state index contributed by atoms with van der Waals surface area (Å²) in [4.78, 5) is 0. The van der Waals surface area contributed by atoms with Crippen molar-refractivity contribution in [3.05, 3.63) is 35.4 Å². The molecular formula is C12H18O. The number of aliphatic hydroxyl groups is 1. The molecule has 1 atom stereocenters. The molecule has 13 heavy (non-hydrogen) atoms. The monoisotopic (exact) mass is 178 g/mol. The Morgan fingerprint density at radius 2 is 2.15 bits per heavy atom. The maximum absolute atomic E-state index is 9.20. The van der Waals surface area contributed by atoms with Crippen LogP contribution in [0.25, 0.3) is 0 Å². The molecule has 0 aliphatic rings. The highest BCUT2D eigenvalue weighted by atomic mass is 16.3. The first kappa shape index (κ1) is 10.3. The molecule has 1 N–H and O–H groups in total. The second-order valence-corrected chi connectivity index (χ2v) is 3.58. The van der Waals surface area contributed by atoms with E-state index in [1.165, 1.54) is 11.1 Å². The maximum Gasteiger partial charge on any atom is 0.0499 e. The Morgan fingerprint density at radius 1 is 1.38 bits per heavy atom. The van der Waals surface area contributed by atoms with Crippen molar-refractivity contribution < 1.29 is 5.11 Å². The van der Waals surface area contributed by atoms with E-state index in [1.807, 2.05) is 0 Å². The minimum absolute atomic E-state index is 0.261. The highest BCUT2D eigenvalue weighted by Gasteiger charge is 2.08. The fraction of sp³-hybridized carbons (Fsp3) is 0.500. The van der Waals surface area contributed by atoms with Gasteiger partial charge in [-0.15, -0.1) is 0 Å². The maximum atomic E-state index is 9.20. The van der Waals surface area contributed by atoms with Gasteiger partial charge in [0.25, 0.3) is 0 Å². The van der Waals surface area contributed by atoms with E-state index in [4.69, 9.17) is 0 Å². The van der Waals surface area contributed by atoms with Crippen LogP contribution >= 0.6 is 0 Å². The lowest BCUT2D eigenvalue weighted by atomic mass is 9.94. The third-order valence-electron chi connectivity index (χ3n) is 2.37. The van der Waals surface area contributed by atoms with Crippen molar-refractivity contribution in [1.29, 1.82) is 0 Å². The molecular weight excluding hydrogens is 160 g/mol. The minimum atomic E-state index is 0.261. The molecule has 0 fully saturated rings. The Bertz CT molecular complexity index is 255. The van der Waals surface area contributed by atoms with Crippen LogP contribution in [0.1, 0.15) is 36.8 Å². The summed E-state index contributed by atoms with van der Waals surface area (Å²) in [7, 11) is 0. The van der Waals surface area contributed by atoms with E-state index in [-0.39, 0.29) is 6.61 Å². The van der Waals surface area contributed by atoms with Crippen molar-refractivity contribution in [1.82, 2.24) is 0 Å². The molecule has 1 aromatic rings. The summed E-state index contributed by atoms with van der Waals surface area (Å²) in [5.41, 5.74) is 2.54. The van der Waals surface area contributed by atoms with E-state index in [0.29, 0.717) is 5.92 Å².